The van der Waals surface area contributed by atoms with Gasteiger partial charge in [-0.25, -0.2) is 0 Å². The number of thioether (sulfide) groups is 1. The van der Waals surface area contributed by atoms with Gasteiger partial charge in [-0.1, -0.05) is 41.0 Å². The van der Waals surface area contributed by atoms with Crippen molar-refractivity contribution in [3.63, 3.8) is 0 Å². The van der Waals surface area contributed by atoms with Crippen LogP contribution in [0.25, 0.3) is 0 Å². The number of amides is 1. The lowest BCUT2D eigenvalue weighted by atomic mass is 10.2. The monoisotopic (exact) mass is 509 g/mol. The highest BCUT2D eigenvalue weighted by Crippen LogP contribution is 2.31. The minimum absolute atomic E-state index is 0.000703. The van der Waals surface area contributed by atoms with Crippen molar-refractivity contribution in [1.82, 2.24) is 14.8 Å². The van der Waals surface area contributed by atoms with E-state index in [9.17, 15) is 14.9 Å². The standard InChI is InChI=1S/C21H21Cl2N5O4S/c1-4-27-20(13(3)32-18-9-12(2)5-7-16(18)23)25-26-21(27)33-11-19(29)24-14-6-8-15(22)17(10-14)28(30)31/h5-10,13H,4,11H2,1-3H3,(H,24,29). The minimum Gasteiger partial charge on any atom is -0.481 e. The molecule has 0 fully saturated rings. The maximum Gasteiger partial charge on any atom is 0.289 e. The van der Waals surface area contributed by atoms with Crippen LogP contribution in [0.5, 0.6) is 5.75 Å². The summed E-state index contributed by atoms with van der Waals surface area (Å²) >= 11 is 13.2. The molecule has 1 heterocycles. The van der Waals surface area contributed by atoms with Crippen LogP contribution in [0.2, 0.25) is 10.0 Å². The van der Waals surface area contributed by atoms with Crippen LogP contribution < -0.4 is 10.1 Å². The van der Waals surface area contributed by atoms with Crippen molar-refractivity contribution < 1.29 is 14.5 Å². The molecule has 33 heavy (non-hydrogen) atoms. The number of carbonyl (C=O) groups is 1. The number of ether oxygens (including phenoxy) is 1. The van der Waals surface area contributed by atoms with E-state index >= 15 is 0 Å². The van der Waals surface area contributed by atoms with Crippen molar-refractivity contribution in [3.05, 3.63) is 67.9 Å². The van der Waals surface area contributed by atoms with Crippen molar-refractivity contribution in [2.24, 2.45) is 0 Å². The molecule has 1 atom stereocenters. The van der Waals surface area contributed by atoms with Crippen molar-refractivity contribution in [1.29, 1.82) is 0 Å². The second-order valence-corrected chi connectivity index (χ2v) is 8.80. The van der Waals surface area contributed by atoms with E-state index in [0.29, 0.717) is 28.3 Å². The van der Waals surface area contributed by atoms with Gasteiger partial charge in [0.25, 0.3) is 5.69 Å². The molecule has 3 aromatic rings. The Labute approximate surface area is 204 Å². The van der Waals surface area contributed by atoms with E-state index in [0.717, 1.165) is 5.56 Å². The minimum atomic E-state index is -0.606. The van der Waals surface area contributed by atoms with Gasteiger partial charge < -0.3 is 14.6 Å². The molecule has 0 saturated heterocycles. The first-order chi connectivity index (χ1) is 15.7. The average Bonchev–Trinajstić information content (AvgIpc) is 3.19. The number of rotatable bonds is 9. The number of hydrogen-bond acceptors (Lipinski definition) is 7. The maximum absolute atomic E-state index is 12.4. The molecule has 2 aromatic carbocycles. The largest absolute Gasteiger partial charge is 0.481 e. The molecule has 0 aliphatic heterocycles. The molecule has 9 nitrogen and oxygen atoms in total. The van der Waals surface area contributed by atoms with Gasteiger partial charge in [-0.2, -0.15) is 0 Å². The van der Waals surface area contributed by atoms with Gasteiger partial charge in [-0.3, -0.25) is 14.9 Å². The number of aryl methyl sites for hydroxylation is 1. The van der Waals surface area contributed by atoms with Gasteiger partial charge in [0.2, 0.25) is 5.91 Å². The third kappa shape index (κ3) is 6.16. The van der Waals surface area contributed by atoms with E-state index in [1.54, 1.807) is 6.07 Å². The number of nitrogens with zero attached hydrogens (tertiary/aromatic N) is 4. The van der Waals surface area contributed by atoms with Gasteiger partial charge in [0, 0.05) is 18.3 Å². The molecule has 0 spiro atoms. The lowest BCUT2D eigenvalue weighted by molar-refractivity contribution is -0.384. The number of hydrogen-bond donors (Lipinski definition) is 1. The van der Waals surface area contributed by atoms with E-state index in [2.05, 4.69) is 15.5 Å². The summed E-state index contributed by atoms with van der Waals surface area (Å²) in [6.07, 6.45) is -0.422. The number of anilines is 1. The second-order valence-electron chi connectivity index (χ2n) is 7.04. The van der Waals surface area contributed by atoms with Crippen LogP contribution in [0.15, 0.2) is 41.6 Å². The summed E-state index contributed by atoms with van der Waals surface area (Å²) in [5, 5.41) is 23.1. The Morgan fingerprint density at radius 3 is 2.67 bits per heavy atom. The summed E-state index contributed by atoms with van der Waals surface area (Å²) < 4.78 is 7.86. The van der Waals surface area contributed by atoms with Crippen LogP contribution in [0.4, 0.5) is 11.4 Å². The van der Waals surface area contributed by atoms with Crippen molar-refractivity contribution in [3.8, 4) is 5.75 Å². The molecule has 1 N–H and O–H groups in total. The highest BCUT2D eigenvalue weighted by atomic mass is 35.5. The molecule has 0 aliphatic carbocycles. The normalized spacial score (nSPS) is 11.8. The zero-order valence-corrected chi connectivity index (χ0v) is 20.4. The fraction of sp³-hybridized carbons (Fsp3) is 0.286. The maximum atomic E-state index is 12.4. The van der Waals surface area contributed by atoms with E-state index in [1.165, 1.54) is 30.0 Å². The van der Waals surface area contributed by atoms with Crippen LogP contribution in [0, 0.1) is 17.0 Å². The topological polar surface area (TPSA) is 112 Å². The summed E-state index contributed by atoms with van der Waals surface area (Å²) in [6.45, 7) is 6.31. The zero-order valence-electron chi connectivity index (χ0n) is 18.0. The van der Waals surface area contributed by atoms with E-state index < -0.39 is 11.0 Å². The van der Waals surface area contributed by atoms with Crippen LogP contribution in [0.3, 0.4) is 0 Å². The van der Waals surface area contributed by atoms with Gasteiger partial charge >= 0.3 is 0 Å². The molecule has 1 aromatic heterocycles. The van der Waals surface area contributed by atoms with Crippen molar-refractivity contribution in [2.75, 3.05) is 11.1 Å². The lowest BCUT2D eigenvalue weighted by Gasteiger charge is -2.16. The number of nitro benzene ring substituents is 1. The van der Waals surface area contributed by atoms with Crippen molar-refractivity contribution in [2.45, 2.75) is 38.6 Å². The zero-order chi connectivity index (χ0) is 24.1. The first kappa shape index (κ1) is 24.8. The predicted molar refractivity (Wildman–Crippen MR) is 128 cm³/mol. The Morgan fingerprint density at radius 1 is 1.24 bits per heavy atom. The van der Waals surface area contributed by atoms with Gasteiger partial charge in [0.05, 0.1) is 15.7 Å². The van der Waals surface area contributed by atoms with Crippen molar-refractivity contribution >= 4 is 52.2 Å². The van der Waals surface area contributed by atoms with E-state index in [-0.39, 0.29) is 28.1 Å². The Bertz CT molecular complexity index is 1190. The van der Waals surface area contributed by atoms with Crippen LogP contribution in [-0.2, 0) is 11.3 Å². The fourth-order valence-electron chi connectivity index (χ4n) is 3.01. The van der Waals surface area contributed by atoms with Crippen LogP contribution in [-0.4, -0.2) is 31.3 Å². The smallest absolute Gasteiger partial charge is 0.289 e. The quantitative estimate of drug-likeness (QED) is 0.224. The molecule has 3 rings (SSSR count). The lowest BCUT2D eigenvalue weighted by Crippen LogP contribution is -2.15. The molecule has 0 aliphatic rings. The Kier molecular flexibility index (Phi) is 8.17. The summed E-state index contributed by atoms with van der Waals surface area (Å²) in [7, 11) is 0. The SMILES string of the molecule is CCn1c(SCC(=O)Nc2ccc(Cl)c([N+](=O)[O-])c2)nnc1C(C)Oc1cc(C)ccc1Cl. The highest BCUT2D eigenvalue weighted by molar-refractivity contribution is 7.99. The number of halogens is 2. The van der Waals surface area contributed by atoms with Crippen LogP contribution >= 0.6 is 35.0 Å². The van der Waals surface area contributed by atoms with Gasteiger partial charge in [0.15, 0.2) is 17.1 Å². The summed E-state index contributed by atoms with van der Waals surface area (Å²) in [5.74, 6) is 0.847. The number of aromatic nitrogens is 3. The highest BCUT2D eigenvalue weighted by Gasteiger charge is 2.21. The third-order valence-electron chi connectivity index (χ3n) is 4.57. The van der Waals surface area contributed by atoms with Gasteiger partial charge in [-0.15, -0.1) is 10.2 Å². The number of nitrogens with one attached hydrogen (secondary N) is 1. The summed E-state index contributed by atoms with van der Waals surface area (Å²) in [4.78, 5) is 22.8. The first-order valence-corrected chi connectivity index (χ1v) is 11.7. The number of carbonyl (C=O) groups excluding carboxylic acids is 1. The number of nitro groups is 1. The first-order valence-electron chi connectivity index (χ1n) is 9.92. The molecule has 0 bridgehead atoms. The predicted octanol–water partition coefficient (Wildman–Crippen LogP) is 5.69. The number of benzene rings is 2. The molecular weight excluding hydrogens is 489 g/mol. The molecule has 1 amide bonds. The summed E-state index contributed by atoms with van der Waals surface area (Å²) in [6, 6.07) is 9.61. The fourth-order valence-corrected chi connectivity index (χ4v) is 4.16. The van der Waals surface area contributed by atoms with E-state index in [1.807, 2.05) is 37.5 Å². The van der Waals surface area contributed by atoms with Gasteiger partial charge in [0.1, 0.15) is 10.8 Å². The second kappa shape index (κ2) is 10.9. The molecule has 174 valence electrons. The molecular formula is C21H21Cl2N5O4S. The molecule has 0 saturated carbocycles. The Hall–Kier alpha value is -2.82. The molecule has 1 unspecified atom stereocenters. The molecule has 12 heteroatoms. The third-order valence-corrected chi connectivity index (χ3v) is 6.17. The molecule has 0 radical (unpaired) electrons. The Balaban J connectivity index is 1.66. The van der Waals surface area contributed by atoms with E-state index in [4.69, 9.17) is 27.9 Å². The van der Waals surface area contributed by atoms with Crippen LogP contribution in [0.1, 0.15) is 31.3 Å². The van der Waals surface area contributed by atoms with Gasteiger partial charge in [-0.05, 0) is 50.6 Å². The average molecular weight is 510 g/mol. The summed E-state index contributed by atoms with van der Waals surface area (Å²) in [5.41, 5.74) is 1.03. The Morgan fingerprint density at radius 2 is 1.97 bits per heavy atom.